The van der Waals surface area contributed by atoms with Crippen LogP contribution in [-0.4, -0.2) is 26.2 Å². The van der Waals surface area contributed by atoms with Gasteiger partial charge in [-0.25, -0.2) is 4.79 Å². The molecule has 16 heavy (non-hydrogen) atoms. The van der Waals surface area contributed by atoms with Gasteiger partial charge in [-0.3, -0.25) is 4.90 Å². The molecule has 1 heterocycles. The van der Waals surface area contributed by atoms with Crippen molar-refractivity contribution in [1.82, 2.24) is 5.32 Å². The summed E-state index contributed by atoms with van der Waals surface area (Å²) in [6.45, 7) is 1.40. The lowest BCUT2D eigenvalue weighted by Gasteiger charge is -2.28. The van der Waals surface area contributed by atoms with E-state index in [4.69, 9.17) is 16.3 Å². The minimum atomic E-state index is -0.110. The second-order valence-electron chi connectivity index (χ2n) is 3.55. The van der Waals surface area contributed by atoms with Gasteiger partial charge in [0, 0.05) is 19.2 Å². The molecule has 1 aromatic carbocycles. The first-order chi connectivity index (χ1) is 7.72. The zero-order valence-corrected chi connectivity index (χ0v) is 9.75. The lowest BCUT2D eigenvalue weighted by Crippen LogP contribution is -2.46. The summed E-state index contributed by atoms with van der Waals surface area (Å²) in [7, 11) is 1.59. The molecule has 0 aliphatic carbocycles. The number of hydrogen-bond donors (Lipinski definition) is 1. The SMILES string of the molecule is COc1ccc(Cl)c(N2CCCNC2=O)c1. The Kier molecular flexibility index (Phi) is 3.19. The van der Waals surface area contributed by atoms with Gasteiger partial charge in [0.2, 0.25) is 0 Å². The number of benzene rings is 1. The minimum Gasteiger partial charge on any atom is -0.497 e. The minimum absolute atomic E-state index is 0.110. The summed E-state index contributed by atoms with van der Waals surface area (Å²) in [4.78, 5) is 13.3. The van der Waals surface area contributed by atoms with Crippen molar-refractivity contribution < 1.29 is 9.53 Å². The lowest BCUT2D eigenvalue weighted by molar-refractivity contribution is 0.243. The molecule has 0 bridgehead atoms. The van der Waals surface area contributed by atoms with Crippen LogP contribution in [0, 0.1) is 0 Å². The fraction of sp³-hybridized carbons (Fsp3) is 0.364. The number of halogens is 1. The van der Waals surface area contributed by atoms with Crippen LogP contribution >= 0.6 is 11.6 Å². The summed E-state index contributed by atoms with van der Waals surface area (Å²) in [5.41, 5.74) is 0.693. The first-order valence-electron chi connectivity index (χ1n) is 5.11. The average Bonchev–Trinajstić information content (AvgIpc) is 2.31. The van der Waals surface area contributed by atoms with Crippen LogP contribution < -0.4 is 15.0 Å². The zero-order chi connectivity index (χ0) is 11.5. The molecule has 1 aliphatic rings. The Morgan fingerprint density at radius 1 is 1.50 bits per heavy atom. The zero-order valence-electron chi connectivity index (χ0n) is 9.00. The van der Waals surface area contributed by atoms with Crippen LogP contribution in [0.1, 0.15) is 6.42 Å². The number of methoxy groups -OCH3 is 1. The second-order valence-corrected chi connectivity index (χ2v) is 3.96. The van der Waals surface area contributed by atoms with Gasteiger partial charge in [0.05, 0.1) is 17.8 Å². The van der Waals surface area contributed by atoms with E-state index in [2.05, 4.69) is 5.32 Å². The Hall–Kier alpha value is -1.42. The van der Waals surface area contributed by atoms with Crippen molar-refractivity contribution in [3.63, 3.8) is 0 Å². The molecule has 1 aliphatic heterocycles. The van der Waals surface area contributed by atoms with Gasteiger partial charge in [-0.2, -0.15) is 0 Å². The Morgan fingerprint density at radius 2 is 2.31 bits per heavy atom. The van der Waals surface area contributed by atoms with Crippen molar-refractivity contribution in [3.8, 4) is 5.75 Å². The van der Waals surface area contributed by atoms with Crippen molar-refractivity contribution in [1.29, 1.82) is 0 Å². The third kappa shape index (κ3) is 2.07. The smallest absolute Gasteiger partial charge is 0.321 e. The summed E-state index contributed by atoms with van der Waals surface area (Å²) in [6, 6.07) is 5.17. The number of nitrogens with zero attached hydrogens (tertiary/aromatic N) is 1. The molecule has 2 amide bonds. The fourth-order valence-corrected chi connectivity index (χ4v) is 1.91. The first-order valence-corrected chi connectivity index (χ1v) is 5.49. The first kappa shape index (κ1) is 11.1. The molecule has 0 atom stereocenters. The summed E-state index contributed by atoms with van der Waals surface area (Å²) >= 11 is 6.07. The van der Waals surface area contributed by atoms with E-state index in [0.29, 0.717) is 23.0 Å². The van der Waals surface area contributed by atoms with E-state index in [1.54, 1.807) is 30.2 Å². The van der Waals surface area contributed by atoms with Crippen LogP contribution in [0.25, 0.3) is 0 Å². The maximum Gasteiger partial charge on any atom is 0.321 e. The van der Waals surface area contributed by atoms with Gasteiger partial charge in [-0.15, -0.1) is 0 Å². The van der Waals surface area contributed by atoms with E-state index < -0.39 is 0 Å². The second kappa shape index (κ2) is 4.61. The van der Waals surface area contributed by atoms with Crippen LogP contribution in [0.3, 0.4) is 0 Å². The molecule has 5 heteroatoms. The Balaban J connectivity index is 2.33. The summed E-state index contributed by atoms with van der Waals surface area (Å²) < 4.78 is 5.12. The number of carbonyl (C=O) groups is 1. The number of carbonyl (C=O) groups excluding carboxylic acids is 1. The highest BCUT2D eigenvalue weighted by Crippen LogP contribution is 2.30. The summed E-state index contributed by atoms with van der Waals surface area (Å²) in [6.07, 6.45) is 0.916. The van der Waals surface area contributed by atoms with Crippen molar-refractivity contribution >= 4 is 23.3 Å². The molecule has 2 rings (SSSR count). The molecule has 4 nitrogen and oxygen atoms in total. The van der Waals surface area contributed by atoms with Gasteiger partial charge in [-0.05, 0) is 18.6 Å². The van der Waals surface area contributed by atoms with E-state index >= 15 is 0 Å². The van der Waals surface area contributed by atoms with Crippen LogP contribution in [0.4, 0.5) is 10.5 Å². The molecule has 1 fully saturated rings. The van der Waals surface area contributed by atoms with Gasteiger partial charge >= 0.3 is 6.03 Å². The number of urea groups is 1. The lowest BCUT2D eigenvalue weighted by atomic mass is 10.2. The van der Waals surface area contributed by atoms with Crippen LogP contribution in [0.15, 0.2) is 18.2 Å². The number of nitrogens with one attached hydrogen (secondary N) is 1. The molecule has 1 aromatic rings. The van der Waals surface area contributed by atoms with Gasteiger partial charge < -0.3 is 10.1 Å². The fourth-order valence-electron chi connectivity index (χ4n) is 1.69. The molecule has 0 spiro atoms. The number of anilines is 1. The Morgan fingerprint density at radius 3 is 3.00 bits per heavy atom. The Labute approximate surface area is 99.1 Å². The molecular weight excluding hydrogens is 228 g/mol. The van der Waals surface area contributed by atoms with E-state index in [1.807, 2.05) is 0 Å². The number of rotatable bonds is 2. The Bertz CT molecular complexity index is 409. The van der Waals surface area contributed by atoms with Crippen LogP contribution in [0.2, 0.25) is 5.02 Å². The molecule has 1 N–H and O–H groups in total. The summed E-state index contributed by atoms with van der Waals surface area (Å²) in [5.74, 6) is 0.692. The number of hydrogen-bond acceptors (Lipinski definition) is 2. The van der Waals surface area contributed by atoms with Gasteiger partial charge in [0.15, 0.2) is 0 Å². The quantitative estimate of drug-likeness (QED) is 0.862. The molecule has 1 saturated heterocycles. The third-order valence-electron chi connectivity index (χ3n) is 2.52. The summed E-state index contributed by atoms with van der Waals surface area (Å²) in [5, 5.41) is 3.34. The van der Waals surface area contributed by atoms with E-state index in [0.717, 1.165) is 13.0 Å². The third-order valence-corrected chi connectivity index (χ3v) is 2.84. The largest absolute Gasteiger partial charge is 0.497 e. The topological polar surface area (TPSA) is 41.6 Å². The van der Waals surface area contributed by atoms with Crippen LogP contribution in [-0.2, 0) is 0 Å². The van der Waals surface area contributed by atoms with Gasteiger partial charge in [-0.1, -0.05) is 11.6 Å². The van der Waals surface area contributed by atoms with E-state index in [1.165, 1.54) is 0 Å². The van der Waals surface area contributed by atoms with Gasteiger partial charge in [0.1, 0.15) is 5.75 Å². The molecule has 0 saturated carbocycles. The standard InChI is InChI=1S/C11H13ClN2O2/c1-16-8-3-4-9(12)10(7-8)14-6-2-5-13-11(14)15/h3-4,7H,2,5-6H2,1H3,(H,13,15). The van der Waals surface area contributed by atoms with Crippen molar-refractivity contribution in [3.05, 3.63) is 23.2 Å². The maximum atomic E-state index is 11.7. The van der Waals surface area contributed by atoms with Gasteiger partial charge in [0.25, 0.3) is 0 Å². The molecular formula is C11H13ClN2O2. The number of ether oxygens (including phenoxy) is 1. The predicted molar refractivity (Wildman–Crippen MR) is 63.4 cm³/mol. The molecule has 86 valence electrons. The maximum absolute atomic E-state index is 11.7. The van der Waals surface area contributed by atoms with E-state index in [-0.39, 0.29) is 6.03 Å². The van der Waals surface area contributed by atoms with Crippen molar-refractivity contribution in [2.24, 2.45) is 0 Å². The van der Waals surface area contributed by atoms with Crippen molar-refractivity contribution in [2.75, 3.05) is 25.1 Å². The highest BCUT2D eigenvalue weighted by molar-refractivity contribution is 6.33. The van der Waals surface area contributed by atoms with Crippen LogP contribution in [0.5, 0.6) is 5.75 Å². The monoisotopic (exact) mass is 240 g/mol. The molecule has 0 radical (unpaired) electrons. The normalized spacial score (nSPS) is 15.9. The molecule has 0 unspecified atom stereocenters. The highest BCUT2D eigenvalue weighted by Gasteiger charge is 2.21. The highest BCUT2D eigenvalue weighted by atomic mass is 35.5. The van der Waals surface area contributed by atoms with Crippen molar-refractivity contribution in [2.45, 2.75) is 6.42 Å². The predicted octanol–water partition coefficient (Wildman–Crippen LogP) is 2.27. The average molecular weight is 241 g/mol. The van der Waals surface area contributed by atoms with E-state index in [9.17, 15) is 4.79 Å². The number of amides is 2. The molecule has 0 aromatic heterocycles.